The fraction of sp³-hybridized carbons (Fsp3) is 0.697. The Morgan fingerprint density at radius 2 is 1.78 bits per heavy atom. The summed E-state index contributed by atoms with van der Waals surface area (Å²) < 4.78 is 5.55. The smallest absolute Gasteiger partial charge is 0.306 e. The van der Waals surface area contributed by atoms with Gasteiger partial charge in [0.2, 0.25) is 0 Å². The Kier molecular flexibility index (Phi) is 7.22. The maximum atomic E-state index is 14.0. The number of rotatable bonds is 6. The van der Waals surface area contributed by atoms with Gasteiger partial charge in [0.05, 0.1) is 0 Å². The minimum atomic E-state index is -0.0921. The van der Waals surface area contributed by atoms with Crippen LogP contribution in [-0.2, 0) is 20.9 Å². The number of ether oxygens (including phenoxy) is 1. The molecule has 5 unspecified atom stereocenters. The van der Waals surface area contributed by atoms with Crippen LogP contribution in [0.1, 0.15) is 97.5 Å². The lowest BCUT2D eigenvalue weighted by Crippen LogP contribution is -2.57. The lowest BCUT2D eigenvalue weighted by molar-refractivity contribution is -0.147. The first-order valence-electron chi connectivity index (χ1n) is 14.7. The number of Topliss-reactive ketones (excluding diaryl/α,β-unsaturated/α-hetero) is 1. The zero-order valence-electron chi connectivity index (χ0n) is 22.9. The average Bonchev–Trinajstić information content (AvgIpc) is 3.24. The second kappa shape index (κ2) is 10.1. The third kappa shape index (κ3) is 4.29. The van der Waals surface area contributed by atoms with Gasteiger partial charge in [-0.3, -0.25) is 9.59 Å². The summed E-state index contributed by atoms with van der Waals surface area (Å²) in [6.45, 7) is 9.82. The summed E-state index contributed by atoms with van der Waals surface area (Å²) in [4.78, 5) is 26.5. The highest BCUT2D eigenvalue weighted by atomic mass is 16.5. The zero-order chi connectivity index (χ0) is 25.5. The summed E-state index contributed by atoms with van der Waals surface area (Å²) in [7, 11) is 0. The van der Waals surface area contributed by atoms with Crippen LogP contribution in [0.4, 0.5) is 0 Å². The second-order valence-corrected chi connectivity index (χ2v) is 13.0. The summed E-state index contributed by atoms with van der Waals surface area (Å²) in [5.74, 6) is 3.21. The highest BCUT2D eigenvalue weighted by Crippen LogP contribution is 2.68. The predicted octanol–water partition coefficient (Wildman–Crippen LogP) is 7.93. The molecule has 196 valence electrons. The van der Waals surface area contributed by atoms with E-state index in [0.29, 0.717) is 53.8 Å². The molecule has 0 bridgehead atoms. The first-order chi connectivity index (χ1) is 17.3. The Morgan fingerprint density at radius 3 is 2.53 bits per heavy atom. The molecule has 4 saturated carbocycles. The van der Waals surface area contributed by atoms with Crippen molar-refractivity contribution in [3.05, 3.63) is 47.5 Å². The number of allylic oxidation sites excluding steroid dienone is 2. The van der Waals surface area contributed by atoms with Gasteiger partial charge >= 0.3 is 5.97 Å². The first kappa shape index (κ1) is 25.7. The Labute approximate surface area is 218 Å². The van der Waals surface area contributed by atoms with E-state index in [-0.39, 0.29) is 17.3 Å². The number of hydrogen-bond donors (Lipinski definition) is 0. The van der Waals surface area contributed by atoms with Crippen molar-refractivity contribution in [1.82, 2.24) is 0 Å². The van der Waals surface area contributed by atoms with Crippen molar-refractivity contribution in [2.45, 2.75) is 98.5 Å². The van der Waals surface area contributed by atoms with Gasteiger partial charge in [-0.05, 0) is 103 Å². The maximum Gasteiger partial charge on any atom is 0.306 e. The van der Waals surface area contributed by atoms with Crippen LogP contribution < -0.4 is 0 Å². The minimum absolute atomic E-state index is 0.0921. The molecule has 8 atom stereocenters. The van der Waals surface area contributed by atoms with Crippen molar-refractivity contribution in [1.29, 1.82) is 0 Å². The van der Waals surface area contributed by atoms with Crippen LogP contribution in [0.5, 0.6) is 0 Å². The summed E-state index contributed by atoms with van der Waals surface area (Å²) in [6, 6.07) is 9.91. The molecule has 0 heterocycles. The molecule has 4 aliphatic rings. The number of ketones is 1. The van der Waals surface area contributed by atoms with E-state index in [2.05, 4.69) is 33.8 Å². The monoisotopic (exact) mass is 490 g/mol. The van der Waals surface area contributed by atoms with E-state index in [9.17, 15) is 9.59 Å². The second-order valence-electron chi connectivity index (χ2n) is 13.0. The van der Waals surface area contributed by atoms with Gasteiger partial charge in [0.25, 0.3) is 0 Å². The van der Waals surface area contributed by atoms with Gasteiger partial charge < -0.3 is 4.74 Å². The molecule has 4 fully saturated rings. The van der Waals surface area contributed by atoms with Gasteiger partial charge in [-0.15, -0.1) is 0 Å². The van der Waals surface area contributed by atoms with Gasteiger partial charge in [-0.1, -0.05) is 70.0 Å². The van der Waals surface area contributed by atoms with Crippen LogP contribution >= 0.6 is 0 Å². The lowest BCUT2D eigenvalue weighted by Gasteiger charge is -2.60. The van der Waals surface area contributed by atoms with Crippen molar-refractivity contribution < 1.29 is 14.3 Å². The molecule has 1 aromatic carbocycles. The van der Waals surface area contributed by atoms with Crippen LogP contribution in [0.25, 0.3) is 0 Å². The van der Waals surface area contributed by atoms with E-state index < -0.39 is 0 Å². The molecular formula is C33H46O3. The molecule has 1 aromatic rings. The number of benzene rings is 1. The molecule has 5 rings (SSSR count). The summed E-state index contributed by atoms with van der Waals surface area (Å²) in [5.41, 5.74) is 2.71. The van der Waals surface area contributed by atoms with E-state index >= 15 is 0 Å². The van der Waals surface area contributed by atoms with Crippen molar-refractivity contribution in [2.24, 2.45) is 46.3 Å². The molecule has 0 aromatic heterocycles. The lowest BCUT2D eigenvalue weighted by atomic mass is 9.43. The Bertz CT molecular complexity index is 995. The molecule has 0 amide bonds. The third-order valence-electron chi connectivity index (χ3n) is 11.5. The fourth-order valence-electron chi connectivity index (χ4n) is 9.60. The molecule has 36 heavy (non-hydrogen) atoms. The third-order valence-corrected chi connectivity index (χ3v) is 11.5. The van der Waals surface area contributed by atoms with E-state index in [4.69, 9.17) is 4.74 Å². The van der Waals surface area contributed by atoms with Crippen molar-refractivity contribution in [2.75, 3.05) is 0 Å². The quantitative estimate of drug-likeness (QED) is 0.300. The van der Waals surface area contributed by atoms with Gasteiger partial charge in [0.1, 0.15) is 6.61 Å². The predicted molar refractivity (Wildman–Crippen MR) is 144 cm³/mol. The summed E-state index contributed by atoms with van der Waals surface area (Å²) in [6.07, 6.45) is 13.4. The highest BCUT2D eigenvalue weighted by molar-refractivity contribution is 5.99. The molecule has 0 radical (unpaired) electrons. The molecule has 3 heteroatoms. The van der Waals surface area contributed by atoms with E-state index in [1.165, 1.54) is 56.9 Å². The van der Waals surface area contributed by atoms with Crippen molar-refractivity contribution in [3.8, 4) is 0 Å². The topological polar surface area (TPSA) is 43.4 Å². The van der Waals surface area contributed by atoms with Gasteiger partial charge in [0, 0.05) is 12.3 Å². The van der Waals surface area contributed by atoms with Gasteiger partial charge in [-0.25, -0.2) is 0 Å². The SMILES string of the molecule is C/C=C1/C(=O)C2C(CC[C@@]3(C)C2CCC3[C@H](C)CCC(=O)OCc2ccccc2)[C@@]2(C)CCCCC12. The van der Waals surface area contributed by atoms with Crippen LogP contribution in [0.15, 0.2) is 42.0 Å². The number of carbonyl (C=O) groups excluding carboxylic acids is 2. The van der Waals surface area contributed by atoms with Crippen LogP contribution in [0.2, 0.25) is 0 Å². The number of hydrogen-bond acceptors (Lipinski definition) is 3. The van der Waals surface area contributed by atoms with Crippen LogP contribution in [0.3, 0.4) is 0 Å². The normalized spacial score (nSPS) is 39.7. The molecule has 0 N–H and O–H groups in total. The standard InChI is InChI=1S/C33H46O3/c1-5-24-26-13-9-10-19-32(26,3)28-18-20-33(4)25(15-16-27(33)30(28)31(24)35)22(2)14-17-29(34)36-21-23-11-7-6-8-12-23/h5-8,11-12,22,25-28,30H,9-10,13-21H2,1-4H3/b24-5+/t22-,25?,26?,27?,28?,30?,32+,33-/m1/s1. The van der Waals surface area contributed by atoms with E-state index in [0.717, 1.165) is 12.0 Å². The van der Waals surface area contributed by atoms with Crippen molar-refractivity contribution in [3.63, 3.8) is 0 Å². The maximum absolute atomic E-state index is 14.0. The van der Waals surface area contributed by atoms with Crippen molar-refractivity contribution >= 4 is 11.8 Å². The van der Waals surface area contributed by atoms with Crippen LogP contribution in [0, 0.1) is 46.3 Å². The minimum Gasteiger partial charge on any atom is -0.461 e. The summed E-state index contributed by atoms with van der Waals surface area (Å²) >= 11 is 0. The van der Waals surface area contributed by atoms with E-state index in [1.54, 1.807) is 0 Å². The molecule has 0 aliphatic heterocycles. The molecule has 0 saturated heterocycles. The Hall–Kier alpha value is -1.90. The summed E-state index contributed by atoms with van der Waals surface area (Å²) in [5, 5.41) is 0. The number of esters is 1. The van der Waals surface area contributed by atoms with Gasteiger partial charge in [-0.2, -0.15) is 0 Å². The van der Waals surface area contributed by atoms with Crippen LogP contribution in [-0.4, -0.2) is 11.8 Å². The van der Waals surface area contributed by atoms with Gasteiger partial charge in [0.15, 0.2) is 5.78 Å². The number of carbonyl (C=O) groups is 2. The highest BCUT2D eigenvalue weighted by Gasteiger charge is 2.63. The first-order valence-corrected chi connectivity index (χ1v) is 14.7. The average molecular weight is 491 g/mol. The van der Waals surface area contributed by atoms with E-state index in [1.807, 2.05) is 30.3 Å². The molecule has 0 spiro atoms. The Balaban J connectivity index is 1.26. The molecule has 4 aliphatic carbocycles. The fourth-order valence-corrected chi connectivity index (χ4v) is 9.60. The zero-order valence-corrected chi connectivity index (χ0v) is 22.9. The molecule has 3 nitrogen and oxygen atoms in total. The largest absolute Gasteiger partial charge is 0.461 e. The number of fused-ring (bicyclic) bond motifs is 5. The molecular weight excluding hydrogens is 444 g/mol. The Morgan fingerprint density at radius 1 is 1.03 bits per heavy atom.